The van der Waals surface area contributed by atoms with Gasteiger partial charge in [0.05, 0.1) is 13.2 Å². The molecule has 0 radical (unpaired) electrons. The van der Waals surface area contributed by atoms with Gasteiger partial charge in [0, 0.05) is 27.2 Å². The average molecular weight is 204 g/mol. The summed E-state index contributed by atoms with van der Waals surface area (Å²) in [5, 5.41) is 10.9. The first-order valence-corrected chi connectivity index (χ1v) is 4.26. The molecule has 2 N–H and O–H groups in total. The van der Waals surface area contributed by atoms with Gasteiger partial charge in [-0.1, -0.05) is 0 Å². The Morgan fingerprint density at radius 1 is 1.50 bits per heavy atom. The lowest BCUT2D eigenvalue weighted by Crippen LogP contribution is -2.42. The molecule has 0 atom stereocenters. The third kappa shape index (κ3) is 4.78. The number of hydrogen-bond acceptors (Lipinski definition) is 4. The van der Waals surface area contributed by atoms with Gasteiger partial charge in [0.1, 0.15) is 0 Å². The SMILES string of the molecule is COCCNC(=O)C(=O)N(C)CCO. The van der Waals surface area contributed by atoms with Crippen molar-refractivity contribution in [2.24, 2.45) is 0 Å². The van der Waals surface area contributed by atoms with Gasteiger partial charge in [0.15, 0.2) is 0 Å². The summed E-state index contributed by atoms with van der Waals surface area (Å²) >= 11 is 0. The van der Waals surface area contributed by atoms with Crippen LogP contribution >= 0.6 is 0 Å². The number of nitrogens with zero attached hydrogens (tertiary/aromatic N) is 1. The fraction of sp³-hybridized carbons (Fsp3) is 0.750. The number of aliphatic hydroxyl groups is 1. The molecule has 0 aromatic rings. The van der Waals surface area contributed by atoms with Gasteiger partial charge in [-0.3, -0.25) is 9.59 Å². The fourth-order valence-electron chi connectivity index (χ4n) is 0.767. The minimum absolute atomic E-state index is 0.149. The molecule has 0 aliphatic rings. The van der Waals surface area contributed by atoms with E-state index in [4.69, 9.17) is 9.84 Å². The Kier molecular flexibility index (Phi) is 6.69. The molecule has 0 saturated carbocycles. The van der Waals surface area contributed by atoms with Gasteiger partial charge in [0.25, 0.3) is 0 Å². The summed E-state index contributed by atoms with van der Waals surface area (Å²) in [6.45, 7) is 0.654. The van der Waals surface area contributed by atoms with E-state index in [9.17, 15) is 9.59 Å². The van der Waals surface area contributed by atoms with Crippen molar-refractivity contribution >= 4 is 11.8 Å². The molecule has 2 amide bonds. The van der Waals surface area contributed by atoms with Crippen LogP contribution in [0.1, 0.15) is 0 Å². The number of carbonyl (C=O) groups excluding carboxylic acids is 2. The highest BCUT2D eigenvalue weighted by Crippen LogP contribution is 1.83. The second-order valence-corrected chi connectivity index (χ2v) is 2.70. The summed E-state index contributed by atoms with van der Waals surface area (Å²) < 4.78 is 4.70. The van der Waals surface area contributed by atoms with Gasteiger partial charge >= 0.3 is 11.8 Å². The molecule has 0 bridgehead atoms. The van der Waals surface area contributed by atoms with Gasteiger partial charge in [-0.05, 0) is 0 Å². The van der Waals surface area contributed by atoms with Crippen molar-refractivity contribution in [1.29, 1.82) is 0 Å². The maximum Gasteiger partial charge on any atom is 0.311 e. The molecular formula is C8H16N2O4. The fourth-order valence-corrected chi connectivity index (χ4v) is 0.767. The van der Waals surface area contributed by atoms with Crippen LogP contribution in [0.15, 0.2) is 0 Å². The van der Waals surface area contributed by atoms with Gasteiger partial charge in [-0.25, -0.2) is 0 Å². The quantitative estimate of drug-likeness (QED) is 0.409. The van der Waals surface area contributed by atoms with Crippen LogP contribution in [0.5, 0.6) is 0 Å². The topological polar surface area (TPSA) is 78.9 Å². The molecule has 0 aliphatic heterocycles. The van der Waals surface area contributed by atoms with Crippen LogP contribution in [-0.4, -0.2) is 62.3 Å². The van der Waals surface area contributed by atoms with Gasteiger partial charge in [-0.15, -0.1) is 0 Å². The summed E-state index contributed by atoms with van der Waals surface area (Å²) in [5.41, 5.74) is 0. The second kappa shape index (κ2) is 7.28. The van der Waals surface area contributed by atoms with Crippen LogP contribution in [0.2, 0.25) is 0 Å². The number of nitrogens with one attached hydrogen (secondary N) is 1. The van der Waals surface area contributed by atoms with Crippen molar-refractivity contribution in [1.82, 2.24) is 10.2 Å². The number of carbonyl (C=O) groups is 2. The maximum atomic E-state index is 11.2. The van der Waals surface area contributed by atoms with Crippen LogP contribution in [0.3, 0.4) is 0 Å². The van der Waals surface area contributed by atoms with E-state index in [0.717, 1.165) is 4.90 Å². The first-order chi connectivity index (χ1) is 6.63. The van der Waals surface area contributed by atoms with Crippen LogP contribution in [0, 0.1) is 0 Å². The molecule has 0 saturated heterocycles. The van der Waals surface area contributed by atoms with Crippen LogP contribution in [0.25, 0.3) is 0 Å². The van der Waals surface area contributed by atoms with Gasteiger partial charge in [-0.2, -0.15) is 0 Å². The summed E-state index contributed by atoms with van der Waals surface area (Å²) in [5.74, 6) is -1.34. The normalized spacial score (nSPS) is 9.64. The average Bonchev–Trinajstić information content (AvgIpc) is 2.17. The van der Waals surface area contributed by atoms with Crippen LogP contribution in [0.4, 0.5) is 0 Å². The van der Waals surface area contributed by atoms with Crippen LogP contribution in [-0.2, 0) is 14.3 Å². The molecule has 0 spiro atoms. The molecule has 6 heteroatoms. The van der Waals surface area contributed by atoms with E-state index in [-0.39, 0.29) is 13.2 Å². The van der Waals surface area contributed by atoms with Gasteiger partial charge in [0.2, 0.25) is 0 Å². The number of aliphatic hydroxyl groups excluding tert-OH is 1. The Balaban J connectivity index is 3.81. The molecule has 14 heavy (non-hydrogen) atoms. The summed E-state index contributed by atoms with van der Waals surface area (Å²) in [7, 11) is 2.96. The summed E-state index contributed by atoms with van der Waals surface area (Å²) in [6.07, 6.45) is 0. The highest BCUT2D eigenvalue weighted by atomic mass is 16.5. The minimum atomic E-state index is -0.682. The standard InChI is InChI=1S/C8H16N2O4/c1-10(4-5-11)8(13)7(12)9-3-6-14-2/h11H,3-6H2,1-2H3,(H,9,12). The zero-order chi connectivity index (χ0) is 11.0. The van der Waals surface area contributed by atoms with Crippen molar-refractivity contribution in [3.05, 3.63) is 0 Å². The van der Waals surface area contributed by atoms with Crippen molar-refractivity contribution in [3.8, 4) is 0 Å². The Labute approximate surface area is 82.8 Å². The molecule has 82 valence electrons. The van der Waals surface area contributed by atoms with E-state index in [2.05, 4.69) is 5.32 Å². The predicted octanol–water partition coefficient (Wildman–Crippen LogP) is -1.80. The van der Waals surface area contributed by atoms with E-state index in [1.54, 1.807) is 0 Å². The van der Waals surface area contributed by atoms with E-state index >= 15 is 0 Å². The molecule has 0 unspecified atom stereocenters. The highest BCUT2D eigenvalue weighted by Gasteiger charge is 2.16. The first-order valence-electron chi connectivity index (χ1n) is 4.26. The number of amides is 2. The van der Waals surface area contributed by atoms with Crippen molar-refractivity contribution in [2.45, 2.75) is 0 Å². The lowest BCUT2D eigenvalue weighted by molar-refractivity contribution is -0.145. The third-order valence-corrected chi connectivity index (χ3v) is 1.57. The molecule has 0 aromatic heterocycles. The Morgan fingerprint density at radius 2 is 2.14 bits per heavy atom. The van der Waals surface area contributed by atoms with Crippen molar-refractivity contribution < 1.29 is 19.4 Å². The minimum Gasteiger partial charge on any atom is -0.395 e. The monoisotopic (exact) mass is 204 g/mol. The molecule has 6 nitrogen and oxygen atoms in total. The van der Waals surface area contributed by atoms with Crippen molar-refractivity contribution in [3.63, 3.8) is 0 Å². The number of hydrogen-bond donors (Lipinski definition) is 2. The van der Waals surface area contributed by atoms with E-state index < -0.39 is 11.8 Å². The molecule has 0 heterocycles. The number of methoxy groups -OCH3 is 1. The van der Waals surface area contributed by atoms with E-state index in [1.165, 1.54) is 14.2 Å². The smallest absolute Gasteiger partial charge is 0.311 e. The van der Waals surface area contributed by atoms with Crippen LogP contribution < -0.4 is 5.32 Å². The molecule has 0 aliphatic carbocycles. The third-order valence-electron chi connectivity index (χ3n) is 1.57. The maximum absolute atomic E-state index is 11.2. The molecule has 0 fully saturated rings. The molecule has 0 rings (SSSR count). The van der Waals surface area contributed by atoms with E-state index in [1.807, 2.05) is 0 Å². The number of likely N-dealkylation sites (N-methyl/N-ethyl adjacent to an activating group) is 1. The molecule has 0 aromatic carbocycles. The summed E-state index contributed by atoms with van der Waals surface area (Å²) in [6, 6.07) is 0. The highest BCUT2D eigenvalue weighted by molar-refractivity contribution is 6.34. The Morgan fingerprint density at radius 3 is 2.64 bits per heavy atom. The van der Waals surface area contributed by atoms with E-state index in [0.29, 0.717) is 13.2 Å². The first kappa shape index (κ1) is 12.9. The number of ether oxygens (including phenoxy) is 1. The number of rotatable bonds is 5. The second-order valence-electron chi connectivity index (χ2n) is 2.70. The summed E-state index contributed by atoms with van der Waals surface area (Å²) in [4.78, 5) is 23.4. The van der Waals surface area contributed by atoms with Crippen molar-refractivity contribution in [2.75, 3.05) is 40.5 Å². The lowest BCUT2D eigenvalue weighted by Gasteiger charge is -2.14. The zero-order valence-electron chi connectivity index (χ0n) is 8.45. The largest absolute Gasteiger partial charge is 0.395 e. The predicted molar refractivity (Wildman–Crippen MR) is 49.6 cm³/mol. The molecular weight excluding hydrogens is 188 g/mol. The Hall–Kier alpha value is -1.14. The lowest BCUT2D eigenvalue weighted by atomic mass is 10.4. The van der Waals surface area contributed by atoms with Gasteiger partial charge < -0.3 is 20.1 Å². The zero-order valence-corrected chi connectivity index (χ0v) is 8.45. The Bertz CT molecular complexity index is 196.